The zero-order chi connectivity index (χ0) is 13.8. The Hall–Kier alpha value is -2.05. The van der Waals surface area contributed by atoms with Crippen LogP contribution in [0.2, 0.25) is 0 Å². The van der Waals surface area contributed by atoms with E-state index in [0.717, 1.165) is 0 Å². The maximum absolute atomic E-state index is 10.7. The number of nitrogens with one attached hydrogen (secondary N) is 1. The second-order valence-corrected chi connectivity index (χ2v) is 4.36. The van der Waals surface area contributed by atoms with E-state index in [0.29, 0.717) is 11.8 Å². The number of nitrogens with zero attached hydrogens (tertiary/aromatic N) is 2. The van der Waals surface area contributed by atoms with Crippen LogP contribution in [-0.2, 0) is 4.79 Å². The summed E-state index contributed by atoms with van der Waals surface area (Å²) < 4.78 is 10.0. The molecule has 0 aromatic carbocycles. The molecule has 0 unspecified atom stereocenters. The minimum Gasteiger partial charge on any atom is -0.481 e. The van der Waals surface area contributed by atoms with E-state index in [1.807, 2.05) is 0 Å². The van der Waals surface area contributed by atoms with Crippen LogP contribution in [0.5, 0.6) is 11.8 Å². The Morgan fingerprint density at radius 3 is 2.22 bits per heavy atom. The SMILES string of the molecule is COc1cc(OC)nc(NC(C)(C)CC(=O)O)n1. The highest BCUT2D eigenvalue weighted by atomic mass is 16.5. The fraction of sp³-hybridized carbons (Fsp3) is 0.545. The molecule has 1 heterocycles. The highest BCUT2D eigenvalue weighted by Crippen LogP contribution is 2.21. The van der Waals surface area contributed by atoms with E-state index in [1.165, 1.54) is 20.3 Å². The molecule has 18 heavy (non-hydrogen) atoms. The number of carboxylic acids is 1. The first-order chi connectivity index (χ1) is 8.36. The highest BCUT2D eigenvalue weighted by molar-refractivity contribution is 5.69. The zero-order valence-electron chi connectivity index (χ0n) is 10.9. The minimum absolute atomic E-state index is 0.0596. The molecule has 7 nitrogen and oxygen atoms in total. The maximum Gasteiger partial charge on any atom is 0.305 e. The fourth-order valence-corrected chi connectivity index (χ4v) is 1.39. The van der Waals surface area contributed by atoms with Crippen LogP contribution in [-0.4, -0.2) is 40.8 Å². The molecule has 0 radical (unpaired) electrons. The van der Waals surface area contributed by atoms with E-state index >= 15 is 0 Å². The largest absolute Gasteiger partial charge is 0.481 e. The molecule has 1 rings (SSSR count). The Kier molecular flexibility index (Phi) is 4.30. The van der Waals surface area contributed by atoms with Gasteiger partial charge in [0.15, 0.2) is 0 Å². The topological polar surface area (TPSA) is 93.6 Å². The molecule has 1 aromatic rings. The Morgan fingerprint density at radius 1 is 1.33 bits per heavy atom. The van der Waals surface area contributed by atoms with Gasteiger partial charge < -0.3 is 19.9 Å². The fourth-order valence-electron chi connectivity index (χ4n) is 1.39. The minimum atomic E-state index is -0.901. The van der Waals surface area contributed by atoms with Crippen LogP contribution < -0.4 is 14.8 Å². The average Bonchev–Trinajstić information content (AvgIpc) is 2.25. The van der Waals surface area contributed by atoms with Crippen molar-refractivity contribution in [3.8, 4) is 11.8 Å². The lowest BCUT2D eigenvalue weighted by molar-refractivity contribution is -0.137. The maximum atomic E-state index is 10.7. The molecule has 1 aromatic heterocycles. The van der Waals surface area contributed by atoms with E-state index in [1.54, 1.807) is 13.8 Å². The molecule has 0 saturated heterocycles. The Balaban J connectivity index is 2.92. The number of carbonyl (C=O) groups is 1. The van der Waals surface area contributed by atoms with Gasteiger partial charge in [-0.3, -0.25) is 4.79 Å². The first-order valence-corrected chi connectivity index (χ1v) is 5.33. The summed E-state index contributed by atoms with van der Waals surface area (Å²) >= 11 is 0. The van der Waals surface area contributed by atoms with Crippen LogP contribution in [0, 0.1) is 0 Å². The standard InChI is InChI=1S/C11H17N3O4/c1-11(2,6-9(15)16)14-10-12-7(17-3)5-8(13-10)18-4/h5H,6H2,1-4H3,(H,15,16)(H,12,13,14). The summed E-state index contributed by atoms with van der Waals surface area (Å²) in [5.41, 5.74) is -0.677. The third-order valence-corrected chi connectivity index (χ3v) is 2.14. The number of carboxylic acid groups (broad SMARTS) is 1. The highest BCUT2D eigenvalue weighted by Gasteiger charge is 2.23. The van der Waals surface area contributed by atoms with E-state index in [9.17, 15) is 4.79 Å². The number of ether oxygens (including phenoxy) is 2. The quantitative estimate of drug-likeness (QED) is 0.787. The van der Waals surface area contributed by atoms with Gasteiger partial charge in [0, 0.05) is 5.54 Å². The van der Waals surface area contributed by atoms with Gasteiger partial charge in [-0.25, -0.2) is 0 Å². The van der Waals surface area contributed by atoms with Crippen LogP contribution in [0.1, 0.15) is 20.3 Å². The van der Waals surface area contributed by atoms with Gasteiger partial charge in [-0.05, 0) is 13.8 Å². The average molecular weight is 255 g/mol. The lowest BCUT2D eigenvalue weighted by atomic mass is 10.0. The summed E-state index contributed by atoms with van der Waals surface area (Å²) in [5.74, 6) is 0.0470. The first kappa shape index (κ1) is 14.0. The molecule has 0 bridgehead atoms. The Morgan fingerprint density at radius 2 is 1.83 bits per heavy atom. The van der Waals surface area contributed by atoms with Crippen molar-refractivity contribution in [3.05, 3.63) is 6.07 Å². The third-order valence-electron chi connectivity index (χ3n) is 2.14. The first-order valence-electron chi connectivity index (χ1n) is 5.33. The van der Waals surface area contributed by atoms with Gasteiger partial charge in [-0.2, -0.15) is 9.97 Å². The molecular weight excluding hydrogens is 238 g/mol. The van der Waals surface area contributed by atoms with Crippen LogP contribution >= 0.6 is 0 Å². The van der Waals surface area contributed by atoms with Crippen molar-refractivity contribution >= 4 is 11.9 Å². The Labute approximate surface area is 105 Å². The molecule has 0 spiro atoms. The monoisotopic (exact) mass is 255 g/mol. The molecule has 0 aliphatic carbocycles. The van der Waals surface area contributed by atoms with Crippen molar-refractivity contribution in [1.29, 1.82) is 0 Å². The molecule has 0 saturated carbocycles. The smallest absolute Gasteiger partial charge is 0.305 e. The molecule has 0 fully saturated rings. The van der Waals surface area contributed by atoms with Gasteiger partial charge in [0.25, 0.3) is 0 Å². The lowest BCUT2D eigenvalue weighted by Gasteiger charge is -2.24. The van der Waals surface area contributed by atoms with Gasteiger partial charge in [0.05, 0.1) is 26.7 Å². The van der Waals surface area contributed by atoms with Crippen LogP contribution in [0.3, 0.4) is 0 Å². The second-order valence-electron chi connectivity index (χ2n) is 4.36. The normalized spacial score (nSPS) is 10.9. The van der Waals surface area contributed by atoms with Crippen LogP contribution in [0.4, 0.5) is 5.95 Å². The van der Waals surface area contributed by atoms with Crippen molar-refractivity contribution in [2.75, 3.05) is 19.5 Å². The summed E-state index contributed by atoms with van der Waals surface area (Å²) in [4.78, 5) is 18.9. The molecule has 0 aliphatic rings. The Bertz CT molecular complexity index is 412. The summed E-state index contributed by atoms with van der Waals surface area (Å²) in [6, 6.07) is 1.54. The van der Waals surface area contributed by atoms with Crippen molar-refractivity contribution in [2.45, 2.75) is 25.8 Å². The van der Waals surface area contributed by atoms with Gasteiger partial charge in [-0.1, -0.05) is 0 Å². The lowest BCUT2D eigenvalue weighted by Crippen LogP contribution is -2.34. The van der Waals surface area contributed by atoms with Crippen molar-refractivity contribution in [2.24, 2.45) is 0 Å². The molecule has 7 heteroatoms. The number of rotatable bonds is 6. The zero-order valence-corrected chi connectivity index (χ0v) is 10.9. The number of hydrogen-bond donors (Lipinski definition) is 2. The van der Waals surface area contributed by atoms with Gasteiger partial charge in [0.2, 0.25) is 17.7 Å². The summed E-state index contributed by atoms with van der Waals surface area (Å²) in [6.07, 6.45) is -0.0596. The molecule has 0 aliphatic heterocycles. The molecule has 0 amide bonds. The number of methoxy groups -OCH3 is 2. The van der Waals surface area contributed by atoms with Gasteiger partial charge in [0.1, 0.15) is 0 Å². The number of anilines is 1. The predicted octanol–water partition coefficient (Wildman–Crippen LogP) is 1.16. The van der Waals surface area contributed by atoms with E-state index in [4.69, 9.17) is 14.6 Å². The van der Waals surface area contributed by atoms with Crippen molar-refractivity contribution < 1.29 is 19.4 Å². The molecule has 2 N–H and O–H groups in total. The summed E-state index contributed by atoms with van der Waals surface area (Å²) in [6.45, 7) is 3.49. The molecular formula is C11H17N3O4. The van der Waals surface area contributed by atoms with E-state index < -0.39 is 11.5 Å². The third kappa shape index (κ3) is 4.08. The number of aromatic nitrogens is 2. The van der Waals surface area contributed by atoms with Crippen molar-refractivity contribution in [3.63, 3.8) is 0 Å². The molecule has 0 atom stereocenters. The van der Waals surface area contributed by atoms with Crippen molar-refractivity contribution in [1.82, 2.24) is 9.97 Å². The van der Waals surface area contributed by atoms with Gasteiger partial charge >= 0.3 is 5.97 Å². The van der Waals surface area contributed by atoms with E-state index in [2.05, 4.69) is 15.3 Å². The van der Waals surface area contributed by atoms with Crippen LogP contribution in [0.25, 0.3) is 0 Å². The predicted molar refractivity (Wildman–Crippen MR) is 65.1 cm³/mol. The van der Waals surface area contributed by atoms with Crippen LogP contribution in [0.15, 0.2) is 6.07 Å². The van der Waals surface area contributed by atoms with Gasteiger partial charge in [-0.15, -0.1) is 0 Å². The number of hydrogen-bond acceptors (Lipinski definition) is 6. The molecule has 100 valence electrons. The second kappa shape index (κ2) is 5.52. The summed E-state index contributed by atoms with van der Waals surface area (Å²) in [7, 11) is 2.96. The number of aliphatic carboxylic acids is 1. The summed E-state index contributed by atoms with van der Waals surface area (Å²) in [5, 5.41) is 11.7. The van der Waals surface area contributed by atoms with E-state index in [-0.39, 0.29) is 12.4 Å².